The molecule has 1 aliphatic heterocycles. The van der Waals surface area contributed by atoms with Crippen LogP contribution in [0, 0.1) is 30.6 Å². The molecule has 0 atom stereocenters. The molecule has 0 amide bonds. The van der Waals surface area contributed by atoms with Crippen molar-refractivity contribution >= 4 is 0 Å². The SMILES string of the molecule is O=[N+]([O-])[O-].O=[N+]([O-])[O-].OCCCN1CCCN(CCCO)CCN(CCCO)CCCN(CCCO)CC1.[Ni+2]. The molecule has 16 nitrogen and oxygen atoms in total. The van der Waals surface area contributed by atoms with Crippen molar-refractivity contribution in [3.8, 4) is 0 Å². The molecule has 1 aliphatic rings. The molecule has 0 aliphatic carbocycles. The zero-order chi connectivity index (χ0) is 29.0. The first kappa shape index (κ1) is 42.0. The van der Waals surface area contributed by atoms with Crippen LogP contribution >= 0.6 is 0 Å². The zero-order valence-corrected chi connectivity index (χ0v) is 23.8. The van der Waals surface area contributed by atoms with Crippen LogP contribution in [0.3, 0.4) is 0 Å². The van der Waals surface area contributed by atoms with Gasteiger partial charge in [0.25, 0.3) is 0 Å². The molecule has 17 heteroatoms. The molecule has 236 valence electrons. The zero-order valence-electron chi connectivity index (χ0n) is 22.8. The molecule has 0 saturated carbocycles. The summed E-state index contributed by atoms with van der Waals surface area (Å²) in [5.41, 5.74) is 0. The molecule has 0 aromatic heterocycles. The Labute approximate surface area is 240 Å². The van der Waals surface area contributed by atoms with E-state index in [-0.39, 0.29) is 42.9 Å². The van der Waals surface area contributed by atoms with Crippen LogP contribution in [0.4, 0.5) is 0 Å². The van der Waals surface area contributed by atoms with Gasteiger partial charge in [-0.1, -0.05) is 0 Å². The van der Waals surface area contributed by atoms with Crippen LogP contribution in [0.5, 0.6) is 0 Å². The third kappa shape index (κ3) is 32.7. The van der Waals surface area contributed by atoms with Crippen molar-refractivity contribution in [1.82, 2.24) is 19.6 Å². The van der Waals surface area contributed by atoms with Gasteiger partial charge in [-0.15, -0.1) is 0 Å². The Bertz CT molecular complexity index is 473. The van der Waals surface area contributed by atoms with Crippen LogP contribution in [-0.2, 0) is 16.5 Å². The van der Waals surface area contributed by atoms with Gasteiger partial charge in [0.15, 0.2) is 0 Å². The third-order valence-corrected chi connectivity index (χ3v) is 5.89. The quantitative estimate of drug-likeness (QED) is 0.118. The summed E-state index contributed by atoms with van der Waals surface area (Å²) in [6.07, 6.45) is 5.42. The van der Waals surface area contributed by atoms with Gasteiger partial charge in [-0.05, 0) is 64.7 Å². The van der Waals surface area contributed by atoms with Gasteiger partial charge >= 0.3 is 16.5 Å². The van der Waals surface area contributed by atoms with Crippen molar-refractivity contribution in [2.45, 2.75) is 38.5 Å². The van der Waals surface area contributed by atoms with Crippen molar-refractivity contribution in [3.05, 3.63) is 30.6 Å². The summed E-state index contributed by atoms with van der Waals surface area (Å²) >= 11 is 0. The molecule has 0 aromatic rings. The van der Waals surface area contributed by atoms with Gasteiger partial charge in [0.05, 0.1) is 10.2 Å². The monoisotopic (exact) mass is 614 g/mol. The first-order valence-corrected chi connectivity index (χ1v) is 13.2. The summed E-state index contributed by atoms with van der Waals surface area (Å²) in [4.78, 5) is 26.4. The van der Waals surface area contributed by atoms with Gasteiger partial charge in [-0.2, -0.15) is 0 Å². The Morgan fingerprint density at radius 3 is 0.795 bits per heavy atom. The maximum atomic E-state index is 9.25. The molecule has 0 spiro atoms. The van der Waals surface area contributed by atoms with Crippen LogP contribution in [-0.4, -0.2) is 155 Å². The van der Waals surface area contributed by atoms with Crippen molar-refractivity contribution in [2.24, 2.45) is 0 Å². The van der Waals surface area contributed by atoms with E-state index in [1.807, 2.05) is 0 Å². The number of rotatable bonds is 12. The van der Waals surface area contributed by atoms with Crippen LogP contribution in [0.1, 0.15) is 38.5 Å². The van der Waals surface area contributed by atoms with E-state index in [1.165, 1.54) is 0 Å². The van der Waals surface area contributed by atoms with E-state index in [0.29, 0.717) is 0 Å². The molecular weight excluding hydrogens is 567 g/mol. The average Bonchev–Trinajstić information content (AvgIpc) is 2.85. The number of nitrogens with zero attached hydrogens (tertiary/aromatic N) is 6. The second-order valence-corrected chi connectivity index (χ2v) is 8.83. The summed E-state index contributed by atoms with van der Waals surface area (Å²) in [5.74, 6) is 0. The van der Waals surface area contributed by atoms with Crippen molar-refractivity contribution in [1.29, 1.82) is 0 Å². The largest absolute Gasteiger partial charge is 2.00 e. The number of hydrogen-bond acceptors (Lipinski definition) is 14. The molecule has 1 rings (SSSR count). The van der Waals surface area contributed by atoms with Gasteiger partial charge in [-0.25, -0.2) is 0 Å². The predicted octanol–water partition coefficient (Wildman–Crippen LogP) is -0.963. The molecule has 1 saturated heterocycles. The van der Waals surface area contributed by atoms with Crippen molar-refractivity contribution < 1.29 is 47.1 Å². The molecule has 39 heavy (non-hydrogen) atoms. The number of aliphatic hydroxyl groups excluding tert-OH is 4. The van der Waals surface area contributed by atoms with E-state index in [2.05, 4.69) is 19.6 Å². The Morgan fingerprint density at radius 1 is 0.462 bits per heavy atom. The first-order valence-electron chi connectivity index (χ1n) is 13.2. The van der Waals surface area contributed by atoms with E-state index < -0.39 is 10.2 Å². The second-order valence-electron chi connectivity index (χ2n) is 8.83. The predicted molar refractivity (Wildman–Crippen MR) is 143 cm³/mol. The Kier molecular flexibility index (Phi) is 33.5. The van der Waals surface area contributed by atoms with Gasteiger partial charge in [0.1, 0.15) is 0 Å². The topological polar surface area (TPSA) is 226 Å². The van der Waals surface area contributed by atoms with E-state index in [4.69, 9.17) is 30.6 Å². The smallest absolute Gasteiger partial charge is 0.396 e. The normalized spacial score (nSPS) is 16.9. The molecule has 1 fully saturated rings. The summed E-state index contributed by atoms with van der Waals surface area (Å²) in [6.45, 7) is 12.7. The fourth-order valence-electron chi connectivity index (χ4n) is 4.12. The van der Waals surface area contributed by atoms with Crippen LogP contribution in [0.2, 0.25) is 0 Å². The van der Waals surface area contributed by atoms with Crippen molar-refractivity contribution in [3.63, 3.8) is 0 Å². The number of hydrogen-bond donors (Lipinski definition) is 4. The fourth-order valence-corrected chi connectivity index (χ4v) is 4.12. The number of aliphatic hydroxyl groups is 4. The van der Waals surface area contributed by atoms with Gasteiger partial charge in [0.2, 0.25) is 0 Å². The molecule has 4 N–H and O–H groups in total. The van der Waals surface area contributed by atoms with Gasteiger partial charge in [-0.3, -0.25) is 0 Å². The van der Waals surface area contributed by atoms with Crippen molar-refractivity contribution in [2.75, 3.05) is 105 Å². The van der Waals surface area contributed by atoms with E-state index in [9.17, 15) is 20.4 Å². The first-order chi connectivity index (χ1) is 18.2. The minimum Gasteiger partial charge on any atom is -0.396 e. The molecule has 0 aromatic carbocycles. The molecule has 1 heterocycles. The van der Waals surface area contributed by atoms with Crippen LogP contribution in [0.25, 0.3) is 0 Å². The van der Waals surface area contributed by atoms with E-state index >= 15 is 0 Å². The maximum absolute atomic E-state index is 9.25. The Balaban J connectivity index is -0.00000126. The Morgan fingerprint density at radius 2 is 0.641 bits per heavy atom. The Hall–Kier alpha value is -1.43. The standard InChI is InChI=1S/C22H48N4O4.2NO3.Ni/c27-19-3-11-23-7-1-8-24(12-4-20-28)16-18-26(14-6-22-30)10-2-9-25(17-15-23)13-5-21-29;2*2-1(3)4;/h27-30H,1-22H2;;;/q;2*-1;+2. The second kappa shape index (κ2) is 31.1. The third-order valence-electron chi connectivity index (χ3n) is 5.89. The summed E-state index contributed by atoms with van der Waals surface area (Å²) in [6, 6.07) is 0. The molecule has 0 radical (unpaired) electrons. The van der Waals surface area contributed by atoms with Crippen LogP contribution < -0.4 is 0 Å². The van der Waals surface area contributed by atoms with Gasteiger partial charge < -0.3 is 70.7 Å². The fraction of sp³-hybridized carbons (Fsp3) is 1.00. The average molecular weight is 615 g/mol. The van der Waals surface area contributed by atoms with E-state index in [1.54, 1.807) is 0 Å². The molecule has 0 bridgehead atoms. The summed E-state index contributed by atoms with van der Waals surface area (Å²) in [7, 11) is 0. The minimum absolute atomic E-state index is 0. The molecule has 0 unspecified atom stereocenters. The van der Waals surface area contributed by atoms with Crippen LogP contribution in [0.15, 0.2) is 0 Å². The van der Waals surface area contributed by atoms with E-state index in [0.717, 1.165) is 117 Å². The maximum Gasteiger partial charge on any atom is 2.00 e. The minimum atomic E-state index is -1.75. The molecular formula is C22H48N6NiO10. The summed E-state index contributed by atoms with van der Waals surface area (Å²) < 4.78 is 0. The van der Waals surface area contributed by atoms with Gasteiger partial charge in [0, 0.05) is 78.8 Å². The summed E-state index contributed by atoms with van der Waals surface area (Å²) in [5, 5.41) is 66.5.